The maximum Gasteiger partial charge on any atom is 0.267 e. The first-order chi connectivity index (χ1) is 11.6. The number of hydrogen-bond donors (Lipinski definition) is 0. The van der Waals surface area contributed by atoms with Crippen molar-refractivity contribution in [3.63, 3.8) is 0 Å². The Kier molecular flexibility index (Phi) is 5.47. The molecule has 0 heterocycles. The quantitative estimate of drug-likeness (QED) is 0.784. The Bertz CT molecular complexity index is 886. The standard InChI is InChI=1S/C20H27NO3S/c1-13(2)17-12-20(19(24-7)11-16(17)5)25(22,23)21(6)18-10-14(3)8-9-15(18)4/h8-13H,1-7H3. The Morgan fingerprint density at radius 2 is 1.64 bits per heavy atom. The fourth-order valence-electron chi connectivity index (χ4n) is 3.00. The van der Waals surface area contributed by atoms with E-state index in [0.29, 0.717) is 11.4 Å². The summed E-state index contributed by atoms with van der Waals surface area (Å²) in [6.45, 7) is 9.95. The maximum absolute atomic E-state index is 13.3. The van der Waals surface area contributed by atoms with Gasteiger partial charge in [-0.2, -0.15) is 0 Å². The zero-order valence-corrected chi connectivity index (χ0v) is 16.9. The number of anilines is 1. The van der Waals surface area contributed by atoms with E-state index >= 15 is 0 Å². The van der Waals surface area contributed by atoms with Crippen LogP contribution in [0.15, 0.2) is 35.2 Å². The minimum absolute atomic E-state index is 0.202. The molecule has 2 aromatic rings. The number of rotatable bonds is 5. The van der Waals surface area contributed by atoms with Gasteiger partial charge in [-0.05, 0) is 67.1 Å². The van der Waals surface area contributed by atoms with Crippen LogP contribution in [0.1, 0.15) is 42.0 Å². The largest absolute Gasteiger partial charge is 0.495 e. The van der Waals surface area contributed by atoms with Crippen molar-refractivity contribution in [2.45, 2.75) is 45.4 Å². The van der Waals surface area contributed by atoms with E-state index in [1.807, 2.05) is 39.0 Å². The van der Waals surface area contributed by atoms with Gasteiger partial charge < -0.3 is 4.74 Å². The van der Waals surface area contributed by atoms with Gasteiger partial charge in [0.2, 0.25) is 0 Å². The Hall–Kier alpha value is -2.01. The fraction of sp³-hybridized carbons (Fsp3) is 0.400. The van der Waals surface area contributed by atoms with Gasteiger partial charge in [0.15, 0.2) is 0 Å². The summed E-state index contributed by atoms with van der Waals surface area (Å²) in [5.41, 5.74) is 4.64. The third-order valence-electron chi connectivity index (χ3n) is 4.52. The molecule has 0 aliphatic heterocycles. The molecule has 25 heavy (non-hydrogen) atoms. The lowest BCUT2D eigenvalue weighted by atomic mass is 9.98. The van der Waals surface area contributed by atoms with Crippen LogP contribution in [0.4, 0.5) is 5.69 Å². The van der Waals surface area contributed by atoms with E-state index in [1.165, 1.54) is 11.4 Å². The number of sulfonamides is 1. The van der Waals surface area contributed by atoms with Gasteiger partial charge in [-0.15, -0.1) is 0 Å². The molecular formula is C20H27NO3S. The van der Waals surface area contributed by atoms with E-state index in [0.717, 1.165) is 22.3 Å². The normalized spacial score (nSPS) is 11.7. The lowest BCUT2D eigenvalue weighted by Gasteiger charge is -2.24. The van der Waals surface area contributed by atoms with Crippen LogP contribution in [-0.2, 0) is 10.0 Å². The highest BCUT2D eigenvalue weighted by atomic mass is 32.2. The highest BCUT2D eigenvalue weighted by Crippen LogP contribution is 2.35. The van der Waals surface area contributed by atoms with Gasteiger partial charge >= 0.3 is 0 Å². The van der Waals surface area contributed by atoms with Crippen molar-refractivity contribution in [2.75, 3.05) is 18.5 Å². The molecule has 0 aliphatic carbocycles. The lowest BCUT2D eigenvalue weighted by molar-refractivity contribution is 0.402. The zero-order valence-electron chi connectivity index (χ0n) is 16.0. The third kappa shape index (κ3) is 3.66. The number of methoxy groups -OCH3 is 1. The molecular weight excluding hydrogens is 334 g/mol. The molecule has 5 heteroatoms. The van der Waals surface area contributed by atoms with Crippen LogP contribution >= 0.6 is 0 Å². The van der Waals surface area contributed by atoms with E-state index in [2.05, 4.69) is 13.8 Å². The first-order valence-electron chi connectivity index (χ1n) is 8.34. The number of benzene rings is 2. The van der Waals surface area contributed by atoms with Crippen molar-refractivity contribution in [3.05, 3.63) is 52.6 Å². The molecule has 0 aliphatic rings. The summed E-state index contributed by atoms with van der Waals surface area (Å²) in [4.78, 5) is 0.202. The topological polar surface area (TPSA) is 46.6 Å². The molecule has 0 fully saturated rings. The van der Waals surface area contributed by atoms with E-state index in [4.69, 9.17) is 4.74 Å². The van der Waals surface area contributed by atoms with Gasteiger partial charge in [-0.25, -0.2) is 8.42 Å². The summed E-state index contributed by atoms with van der Waals surface area (Å²) < 4.78 is 33.3. The minimum atomic E-state index is -3.74. The summed E-state index contributed by atoms with van der Waals surface area (Å²) in [5, 5.41) is 0. The van der Waals surface area contributed by atoms with Gasteiger partial charge in [0, 0.05) is 7.05 Å². The Morgan fingerprint density at radius 3 is 2.20 bits per heavy atom. The summed E-state index contributed by atoms with van der Waals surface area (Å²) in [7, 11) is -0.649. The molecule has 0 unspecified atom stereocenters. The molecule has 0 amide bonds. The zero-order chi connectivity index (χ0) is 18.9. The highest BCUT2D eigenvalue weighted by Gasteiger charge is 2.27. The molecule has 2 rings (SSSR count). The first-order valence-corrected chi connectivity index (χ1v) is 9.78. The first kappa shape index (κ1) is 19.3. The predicted molar refractivity (Wildman–Crippen MR) is 103 cm³/mol. The number of aryl methyl sites for hydroxylation is 3. The van der Waals surface area contributed by atoms with Gasteiger partial charge in [0.05, 0.1) is 12.8 Å². The second-order valence-corrected chi connectivity index (χ2v) is 8.71. The van der Waals surface area contributed by atoms with Crippen LogP contribution in [-0.4, -0.2) is 22.6 Å². The van der Waals surface area contributed by atoms with E-state index < -0.39 is 10.0 Å². The number of hydrogen-bond acceptors (Lipinski definition) is 3. The lowest BCUT2D eigenvalue weighted by Crippen LogP contribution is -2.28. The van der Waals surface area contributed by atoms with Crippen LogP contribution < -0.4 is 9.04 Å². The van der Waals surface area contributed by atoms with Crippen molar-refractivity contribution in [1.82, 2.24) is 0 Å². The Labute approximate surface area is 151 Å². The number of ether oxygens (including phenoxy) is 1. The molecule has 2 aromatic carbocycles. The molecule has 136 valence electrons. The SMILES string of the molecule is COc1cc(C)c(C(C)C)cc1S(=O)(=O)N(C)c1cc(C)ccc1C. The highest BCUT2D eigenvalue weighted by molar-refractivity contribution is 7.93. The average Bonchev–Trinajstić information content (AvgIpc) is 2.55. The van der Waals surface area contributed by atoms with Crippen LogP contribution in [0.25, 0.3) is 0 Å². The predicted octanol–water partition coefficient (Wildman–Crippen LogP) is 4.57. The van der Waals surface area contributed by atoms with Crippen LogP contribution in [0.2, 0.25) is 0 Å². The maximum atomic E-state index is 13.3. The minimum Gasteiger partial charge on any atom is -0.495 e. The van der Waals surface area contributed by atoms with Gasteiger partial charge in [-0.3, -0.25) is 4.31 Å². The molecule has 4 nitrogen and oxygen atoms in total. The van der Waals surface area contributed by atoms with Crippen molar-refractivity contribution in [2.24, 2.45) is 0 Å². The van der Waals surface area contributed by atoms with Crippen LogP contribution in [0.3, 0.4) is 0 Å². The number of nitrogens with zero attached hydrogens (tertiary/aromatic N) is 1. The molecule has 0 N–H and O–H groups in total. The Morgan fingerprint density at radius 1 is 1.00 bits per heavy atom. The summed E-state index contributed by atoms with van der Waals surface area (Å²) in [6.07, 6.45) is 0. The van der Waals surface area contributed by atoms with Crippen molar-refractivity contribution >= 4 is 15.7 Å². The second kappa shape index (κ2) is 7.08. The van der Waals surface area contributed by atoms with Gasteiger partial charge in [-0.1, -0.05) is 26.0 Å². The second-order valence-electron chi connectivity index (χ2n) is 6.78. The molecule has 0 spiro atoms. The van der Waals surface area contributed by atoms with E-state index in [-0.39, 0.29) is 10.8 Å². The van der Waals surface area contributed by atoms with E-state index in [9.17, 15) is 8.42 Å². The van der Waals surface area contributed by atoms with Crippen molar-refractivity contribution in [3.8, 4) is 5.75 Å². The fourth-order valence-corrected chi connectivity index (χ4v) is 4.42. The van der Waals surface area contributed by atoms with Crippen molar-refractivity contribution < 1.29 is 13.2 Å². The molecule has 0 aromatic heterocycles. The molecule has 0 atom stereocenters. The average molecular weight is 362 g/mol. The van der Waals surface area contributed by atoms with Gasteiger partial charge in [0.25, 0.3) is 10.0 Å². The smallest absolute Gasteiger partial charge is 0.267 e. The summed E-state index contributed by atoms with van der Waals surface area (Å²) in [6, 6.07) is 9.34. The van der Waals surface area contributed by atoms with Crippen LogP contribution in [0.5, 0.6) is 5.75 Å². The molecule has 0 saturated carbocycles. The van der Waals surface area contributed by atoms with Gasteiger partial charge in [0.1, 0.15) is 10.6 Å². The molecule has 0 radical (unpaired) electrons. The summed E-state index contributed by atoms with van der Waals surface area (Å²) in [5.74, 6) is 0.602. The monoisotopic (exact) mass is 361 g/mol. The Balaban J connectivity index is 2.66. The molecule has 0 bridgehead atoms. The van der Waals surface area contributed by atoms with Crippen LogP contribution in [0, 0.1) is 20.8 Å². The van der Waals surface area contributed by atoms with E-state index in [1.54, 1.807) is 19.2 Å². The van der Waals surface area contributed by atoms with Crippen molar-refractivity contribution in [1.29, 1.82) is 0 Å². The summed E-state index contributed by atoms with van der Waals surface area (Å²) >= 11 is 0. The third-order valence-corrected chi connectivity index (χ3v) is 6.31. The molecule has 0 saturated heterocycles.